The highest BCUT2D eigenvalue weighted by molar-refractivity contribution is 5.28. The van der Waals surface area contributed by atoms with Crippen LogP contribution in [0.1, 0.15) is 0 Å². The highest BCUT2D eigenvalue weighted by atomic mass is 16.6. The predicted octanol–water partition coefficient (Wildman–Crippen LogP) is 0.346. The van der Waals surface area contributed by atoms with E-state index in [9.17, 15) is 5.21 Å². The molecule has 1 heterocycles. The van der Waals surface area contributed by atoms with Crippen LogP contribution in [0.2, 0.25) is 0 Å². The van der Waals surface area contributed by atoms with Crippen molar-refractivity contribution >= 4 is 0 Å². The molecule has 0 N–H and O–H groups in total. The quantitative estimate of drug-likeness (QED) is 0.503. The van der Waals surface area contributed by atoms with E-state index in [0.29, 0.717) is 10.5 Å². The maximum absolute atomic E-state index is 11.3. The van der Waals surface area contributed by atoms with Crippen molar-refractivity contribution in [2.75, 3.05) is 21.3 Å². The molecule has 1 aromatic rings. The van der Waals surface area contributed by atoms with Crippen LogP contribution in [0.5, 0.6) is 17.5 Å². The molecule has 0 saturated heterocycles. The van der Waals surface area contributed by atoms with Gasteiger partial charge in [-0.15, -0.1) is 0 Å². The van der Waals surface area contributed by atoms with E-state index in [4.69, 9.17) is 14.2 Å². The molecular weight excluding hydrogens is 174 g/mol. The first-order valence-electron chi connectivity index (χ1n) is 3.62. The van der Waals surface area contributed by atoms with Gasteiger partial charge in [0.1, 0.15) is 5.75 Å². The molecule has 0 aliphatic heterocycles. The summed E-state index contributed by atoms with van der Waals surface area (Å²) in [6, 6.07) is 2.96. The number of rotatable bonds is 3. The van der Waals surface area contributed by atoms with Crippen molar-refractivity contribution in [3.05, 3.63) is 17.3 Å². The second-order valence-electron chi connectivity index (χ2n) is 2.27. The number of methoxy groups -OCH3 is 3. The number of aromatic nitrogens is 1. The molecule has 0 aliphatic carbocycles. The van der Waals surface area contributed by atoms with Gasteiger partial charge in [-0.25, -0.2) is 0 Å². The molecule has 0 aliphatic rings. The molecule has 0 atom stereocenters. The summed E-state index contributed by atoms with van der Waals surface area (Å²) in [5.41, 5.74) is 0. The van der Waals surface area contributed by atoms with Crippen molar-refractivity contribution in [1.82, 2.24) is 0 Å². The molecule has 1 rings (SSSR count). The highest BCUT2D eigenvalue weighted by Crippen LogP contribution is 2.20. The fourth-order valence-electron chi connectivity index (χ4n) is 0.912. The molecule has 0 fully saturated rings. The molecule has 0 radical (unpaired) electrons. The summed E-state index contributed by atoms with van der Waals surface area (Å²) in [6.07, 6.45) is 0. The van der Waals surface area contributed by atoms with Crippen LogP contribution in [-0.2, 0) is 0 Å². The van der Waals surface area contributed by atoms with E-state index >= 15 is 0 Å². The molecule has 5 nitrogen and oxygen atoms in total. The monoisotopic (exact) mass is 185 g/mol. The Morgan fingerprint density at radius 3 is 1.77 bits per heavy atom. The minimum atomic E-state index is 0.135. The van der Waals surface area contributed by atoms with Crippen molar-refractivity contribution in [1.29, 1.82) is 0 Å². The van der Waals surface area contributed by atoms with E-state index < -0.39 is 0 Å². The number of hydrogen-bond donors (Lipinski definition) is 0. The molecule has 5 heteroatoms. The molecule has 0 spiro atoms. The first-order valence-corrected chi connectivity index (χ1v) is 3.62. The third kappa shape index (κ3) is 1.74. The Kier molecular flexibility index (Phi) is 2.79. The molecule has 0 unspecified atom stereocenters. The van der Waals surface area contributed by atoms with Gasteiger partial charge < -0.3 is 19.4 Å². The maximum Gasteiger partial charge on any atom is 0.386 e. The Morgan fingerprint density at radius 1 is 1.00 bits per heavy atom. The Hall–Kier alpha value is -1.65. The zero-order valence-electron chi connectivity index (χ0n) is 7.73. The molecule has 0 bridgehead atoms. The molecule has 72 valence electrons. The van der Waals surface area contributed by atoms with E-state index in [-0.39, 0.29) is 11.8 Å². The van der Waals surface area contributed by atoms with E-state index in [1.165, 1.54) is 33.5 Å². The van der Waals surface area contributed by atoms with Crippen LogP contribution in [0.25, 0.3) is 0 Å². The summed E-state index contributed by atoms with van der Waals surface area (Å²) in [4.78, 5) is 0. The predicted molar refractivity (Wildman–Crippen MR) is 45.1 cm³/mol. The smallest absolute Gasteiger partial charge is 0.386 e. The Morgan fingerprint density at radius 2 is 1.46 bits per heavy atom. The standard InChI is InChI=1S/C8H11NO4/c1-11-6-4-7(12-2)9(10)8(5-6)13-3/h4-5H,1-3H3. The van der Waals surface area contributed by atoms with Crippen LogP contribution < -0.4 is 18.9 Å². The van der Waals surface area contributed by atoms with Gasteiger partial charge in [0.2, 0.25) is 0 Å². The number of hydrogen-bond acceptors (Lipinski definition) is 4. The Bertz CT molecular complexity index is 275. The van der Waals surface area contributed by atoms with E-state index in [1.54, 1.807) is 0 Å². The van der Waals surface area contributed by atoms with E-state index in [2.05, 4.69) is 0 Å². The summed E-state index contributed by atoms with van der Waals surface area (Å²) in [5, 5.41) is 11.3. The lowest BCUT2D eigenvalue weighted by Crippen LogP contribution is -2.30. The maximum atomic E-state index is 11.3. The third-order valence-electron chi connectivity index (χ3n) is 1.59. The van der Waals surface area contributed by atoms with Gasteiger partial charge in [-0.2, -0.15) is 0 Å². The topological polar surface area (TPSA) is 54.6 Å². The molecule has 13 heavy (non-hydrogen) atoms. The number of ether oxygens (including phenoxy) is 3. The van der Waals surface area contributed by atoms with Gasteiger partial charge in [0.25, 0.3) is 0 Å². The van der Waals surface area contributed by atoms with Crippen molar-refractivity contribution < 1.29 is 18.9 Å². The second-order valence-corrected chi connectivity index (χ2v) is 2.27. The molecule has 1 aromatic heterocycles. The van der Waals surface area contributed by atoms with Crippen LogP contribution in [0, 0.1) is 5.21 Å². The van der Waals surface area contributed by atoms with Crippen LogP contribution in [0.3, 0.4) is 0 Å². The largest absolute Gasteiger partial charge is 0.613 e. The van der Waals surface area contributed by atoms with Crippen molar-refractivity contribution in [2.24, 2.45) is 0 Å². The van der Waals surface area contributed by atoms with Crippen LogP contribution >= 0.6 is 0 Å². The van der Waals surface area contributed by atoms with Gasteiger partial charge in [0.05, 0.1) is 33.5 Å². The number of pyridine rings is 1. The SMILES string of the molecule is COc1cc(OC)[n+]([O-])c(OC)c1. The first kappa shape index (κ1) is 9.44. The van der Waals surface area contributed by atoms with Gasteiger partial charge in [-0.3, -0.25) is 0 Å². The van der Waals surface area contributed by atoms with Crippen molar-refractivity contribution in [3.63, 3.8) is 0 Å². The second kappa shape index (κ2) is 3.84. The Labute approximate surface area is 76.0 Å². The summed E-state index contributed by atoms with van der Waals surface area (Å²) in [7, 11) is 4.31. The van der Waals surface area contributed by atoms with Gasteiger partial charge >= 0.3 is 11.8 Å². The lowest BCUT2D eigenvalue weighted by Gasteiger charge is -2.08. The normalized spacial score (nSPS) is 9.46. The summed E-state index contributed by atoms with van der Waals surface area (Å²) in [5.74, 6) is 0.785. The van der Waals surface area contributed by atoms with Crippen molar-refractivity contribution in [3.8, 4) is 17.5 Å². The molecule has 0 amide bonds. The Balaban J connectivity index is 3.20. The summed E-state index contributed by atoms with van der Waals surface area (Å²) < 4.78 is 15.1. The van der Waals surface area contributed by atoms with E-state index in [1.807, 2.05) is 0 Å². The zero-order valence-corrected chi connectivity index (χ0v) is 7.73. The van der Waals surface area contributed by atoms with Crippen LogP contribution in [0.4, 0.5) is 0 Å². The fraction of sp³-hybridized carbons (Fsp3) is 0.375. The van der Waals surface area contributed by atoms with Gasteiger partial charge in [0.15, 0.2) is 0 Å². The van der Waals surface area contributed by atoms with Crippen molar-refractivity contribution in [2.45, 2.75) is 0 Å². The van der Waals surface area contributed by atoms with E-state index in [0.717, 1.165) is 0 Å². The molecule has 0 saturated carbocycles. The summed E-state index contributed by atoms with van der Waals surface area (Å²) in [6.45, 7) is 0. The number of nitrogens with zero attached hydrogens (tertiary/aromatic N) is 1. The molecular formula is C8H11NO4. The average molecular weight is 185 g/mol. The minimum Gasteiger partial charge on any atom is -0.613 e. The van der Waals surface area contributed by atoms with Crippen LogP contribution in [-0.4, -0.2) is 21.3 Å². The fourth-order valence-corrected chi connectivity index (χ4v) is 0.912. The zero-order chi connectivity index (χ0) is 9.84. The third-order valence-corrected chi connectivity index (χ3v) is 1.59. The lowest BCUT2D eigenvalue weighted by molar-refractivity contribution is -0.618. The van der Waals surface area contributed by atoms with Gasteiger partial charge in [-0.1, -0.05) is 4.73 Å². The highest BCUT2D eigenvalue weighted by Gasteiger charge is 2.15. The first-order chi connectivity index (χ1) is 6.22. The molecule has 0 aromatic carbocycles. The lowest BCUT2D eigenvalue weighted by atomic mass is 10.4. The summed E-state index contributed by atoms with van der Waals surface area (Å²) >= 11 is 0. The van der Waals surface area contributed by atoms with Gasteiger partial charge in [0, 0.05) is 0 Å². The average Bonchev–Trinajstić information content (AvgIpc) is 2.18. The minimum absolute atomic E-state index is 0.135. The van der Waals surface area contributed by atoms with Crippen LogP contribution in [0.15, 0.2) is 12.1 Å². The van der Waals surface area contributed by atoms with Gasteiger partial charge in [-0.05, 0) is 0 Å².